The van der Waals surface area contributed by atoms with Gasteiger partial charge in [-0.1, -0.05) is 24.6 Å². The van der Waals surface area contributed by atoms with E-state index in [-0.39, 0.29) is 0 Å². The summed E-state index contributed by atoms with van der Waals surface area (Å²) in [6, 6.07) is 6.16. The molecule has 0 radical (unpaired) electrons. The molecule has 6 nitrogen and oxygen atoms in total. The Labute approximate surface area is 176 Å². The fourth-order valence-electron chi connectivity index (χ4n) is 4.57. The number of amides is 1. The molecule has 1 aliphatic heterocycles. The van der Waals surface area contributed by atoms with Crippen LogP contribution < -0.4 is 0 Å². The number of nitrogens with zero attached hydrogens (tertiary/aromatic N) is 5. The fraction of sp³-hybridized carbons (Fsp3) is 0.500. The lowest BCUT2D eigenvalue weighted by atomic mass is 9.77. The molecule has 0 N–H and O–H groups in total. The molecule has 2 aromatic heterocycles. The van der Waals surface area contributed by atoms with Crippen LogP contribution in [0.5, 0.6) is 0 Å². The Morgan fingerprint density at radius 2 is 2.00 bits per heavy atom. The lowest BCUT2D eigenvalue weighted by Gasteiger charge is -2.41. The first kappa shape index (κ1) is 20.0. The van der Waals surface area contributed by atoms with Gasteiger partial charge in [0.1, 0.15) is 0 Å². The topological polar surface area (TPSA) is 53.2 Å². The third-order valence-corrected chi connectivity index (χ3v) is 7.17. The van der Waals surface area contributed by atoms with Crippen molar-refractivity contribution in [2.24, 2.45) is 10.4 Å². The van der Waals surface area contributed by atoms with Gasteiger partial charge in [-0.05, 0) is 56.2 Å². The van der Waals surface area contributed by atoms with Crippen LogP contribution in [-0.2, 0) is 4.79 Å². The molecule has 2 fully saturated rings. The molecular formula is C22H29N5OS. The van der Waals surface area contributed by atoms with Crippen molar-refractivity contribution in [1.82, 2.24) is 19.4 Å². The van der Waals surface area contributed by atoms with Gasteiger partial charge in [0.2, 0.25) is 12.4 Å². The quantitative estimate of drug-likeness (QED) is 0.324. The number of guanidine groups is 1. The molecule has 1 saturated carbocycles. The lowest BCUT2D eigenvalue weighted by Crippen LogP contribution is -2.47. The molecule has 2 aromatic rings. The smallest absolute Gasteiger partial charge is 0.216 e. The van der Waals surface area contributed by atoms with Gasteiger partial charge in [0, 0.05) is 48.5 Å². The Kier molecular flexibility index (Phi) is 5.94. The number of allylic oxidation sites excluding steroid dienone is 1. The normalized spacial score (nSPS) is 19.9. The minimum absolute atomic E-state index is 0.551. The van der Waals surface area contributed by atoms with Crippen LogP contribution in [0, 0.1) is 5.41 Å². The maximum atomic E-state index is 11.5. The van der Waals surface area contributed by atoms with E-state index in [1.165, 1.54) is 38.5 Å². The molecule has 2 aliphatic rings. The zero-order valence-electron chi connectivity index (χ0n) is 17.3. The molecule has 7 heteroatoms. The van der Waals surface area contributed by atoms with Crippen LogP contribution in [0.15, 0.2) is 51.6 Å². The van der Waals surface area contributed by atoms with Gasteiger partial charge in [-0.2, -0.15) is 5.10 Å². The summed E-state index contributed by atoms with van der Waals surface area (Å²) < 4.78 is 1.85. The lowest BCUT2D eigenvalue weighted by molar-refractivity contribution is -0.114. The van der Waals surface area contributed by atoms with Crippen molar-refractivity contribution in [1.29, 1.82) is 0 Å². The summed E-state index contributed by atoms with van der Waals surface area (Å²) in [7, 11) is 1.79. The number of rotatable bonds is 4. The summed E-state index contributed by atoms with van der Waals surface area (Å²) >= 11 is 1.67. The zero-order chi connectivity index (χ0) is 20.3. The third-order valence-electron chi connectivity index (χ3n) is 6.26. The van der Waals surface area contributed by atoms with Gasteiger partial charge >= 0.3 is 0 Å². The number of likely N-dealkylation sites (tertiary alicyclic amines) is 1. The summed E-state index contributed by atoms with van der Waals surface area (Å²) in [6.45, 7) is 4.01. The van der Waals surface area contributed by atoms with Crippen LogP contribution in [0.4, 0.5) is 0 Å². The molecule has 29 heavy (non-hydrogen) atoms. The maximum absolute atomic E-state index is 11.5. The number of fused-ring (bicyclic) bond motifs is 1. The Morgan fingerprint density at radius 3 is 2.72 bits per heavy atom. The summed E-state index contributed by atoms with van der Waals surface area (Å²) in [6.07, 6.45) is 14.4. The van der Waals surface area contributed by atoms with Crippen molar-refractivity contribution in [3.8, 4) is 0 Å². The van der Waals surface area contributed by atoms with E-state index in [1.807, 2.05) is 23.0 Å². The van der Waals surface area contributed by atoms with E-state index in [0.717, 1.165) is 40.8 Å². The highest BCUT2D eigenvalue weighted by Crippen LogP contribution is 2.46. The van der Waals surface area contributed by atoms with E-state index < -0.39 is 0 Å². The van der Waals surface area contributed by atoms with Crippen LogP contribution in [0.1, 0.15) is 45.4 Å². The van der Waals surface area contributed by atoms with Crippen molar-refractivity contribution in [2.45, 2.75) is 50.3 Å². The van der Waals surface area contributed by atoms with Gasteiger partial charge in [-0.3, -0.25) is 9.69 Å². The molecule has 1 amide bonds. The first-order chi connectivity index (χ1) is 14.1. The van der Waals surface area contributed by atoms with Crippen molar-refractivity contribution in [3.05, 3.63) is 41.7 Å². The first-order valence-electron chi connectivity index (χ1n) is 10.4. The summed E-state index contributed by atoms with van der Waals surface area (Å²) in [4.78, 5) is 22.3. The number of carbonyl (C=O) groups excluding carboxylic acids is 1. The van der Waals surface area contributed by atoms with Gasteiger partial charge in [0.15, 0.2) is 0 Å². The SMILES string of the molecule is C/C(=C\N=C(N(C)C=O)N1CCC2(CCCC2)CC1)Sc1ccn2nccc2c1. The predicted molar refractivity (Wildman–Crippen MR) is 118 cm³/mol. The second-order valence-electron chi connectivity index (χ2n) is 8.24. The minimum atomic E-state index is 0.551. The number of pyridine rings is 1. The second-order valence-corrected chi connectivity index (χ2v) is 9.56. The number of hydrogen-bond donors (Lipinski definition) is 0. The number of carbonyl (C=O) groups is 1. The molecule has 0 unspecified atom stereocenters. The molecule has 0 aromatic carbocycles. The molecule has 1 saturated heterocycles. The van der Waals surface area contributed by atoms with Gasteiger partial charge < -0.3 is 4.90 Å². The van der Waals surface area contributed by atoms with E-state index in [0.29, 0.717) is 5.41 Å². The Morgan fingerprint density at radius 1 is 1.24 bits per heavy atom. The Bertz CT molecular complexity index is 918. The highest BCUT2D eigenvalue weighted by Gasteiger charge is 2.37. The van der Waals surface area contributed by atoms with Crippen LogP contribution >= 0.6 is 11.8 Å². The molecule has 0 bridgehead atoms. The molecule has 0 atom stereocenters. The van der Waals surface area contributed by atoms with E-state index in [2.05, 4.69) is 29.1 Å². The monoisotopic (exact) mass is 411 g/mol. The average molecular weight is 412 g/mol. The van der Waals surface area contributed by atoms with E-state index in [4.69, 9.17) is 4.99 Å². The van der Waals surface area contributed by atoms with Crippen LogP contribution in [0.2, 0.25) is 0 Å². The minimum Gasteiger partial charge on any atom is -0.342 e. The number of thioether (sulfide) groups is 1. The number of aromatic nitrogens is 2. The fourth-order valence-corrected chi connectivity index (χ4v) is 5.36. The van der Waals surface area contributed by atoms with Gasteiger partial charge in [-0.15, -0.1) is 0 Å². The van der Waals surface area contributed by atoms with Crippen LogP contribution in [0.25, 0.3) is 5.52 Å². The molecular weight excluding hydrogens is 382 g/mol. The van der Waals surface area contributed by atoms with Crippen molar-refractivity contribution in [3.63, 3.8) is 0 Å². The standard InChI is InChI=1S/C22H29N5OS/c1-18(29-20-6-12-27-19(15-20)5-11-24-27)16-23-21(25(2)17-28)26-13-9-22(10-14-26)7-3-4-8-22/h5-6,11-12,15-17H,3-4,7-10,13-14H2,1-2H3/b18-16+,23-21?. The highest BCUT2D eigenvalue weighted by atomic mass is 32.2. The zero-order valence-corrected chi connectivity index (χ0v) is 18.1. The van der Waals surface area contributed by atoms with Crippen LogP contribution in [0.3, 0.4) is 0 Å². The van der Waals surface area contributed by atoms with Gasteiger partial charge in [0.25, 0.3) is 0 Å². The number of aliphatic imine (C=N–C) groups is 1. The van der Waals surface area contributed by atoms with Crippen LogP contribution in [-0.4, -0.2) is 51.9 Å². The average Bonchev–Trinajstić information content (AvgIpc) is 3.38. The Hall–Kier alpha value is -2.28. The van der Waals surface area contributed by atoms with E-state index in [9.17, 15) is 4.79 Å². The van der Waals surface area contributed by atoms with Crippen molar-refractivity contribution in [2.75, 3.05) is 20.1 Å². The van der Waals surface area contributed by atoms with Gasteiger partial charge in [-0.25, -0.2) is 9.51 Å². The molecule has 3 heterocycles. The molecule has 1 spiro atoms. The summed E-state index contributed by atoms with van der Waals surface area (Å²) in [5, 5.41) is 4.23. The van der Waals surface area contributed by atoms with Crippen molar-refractivity contribution < 1.29 is 4.79 Å². The third kappa shape index (κ3) is 4.50. The first-order valence-corrected chi connectivity index (χ1v) is 11.2. The van der Waals surface area contributed by atoms with E-state index in [1.54, 1.807) is 29.9 Å². The molecule has 1 aliphatic carbocycles. The number of hydrogen-bond acceptors (Lipinski definition) is 4. The maximum Gasteiger partial charge on any atom is 0.216 e. The predicted octanol–water partition coefficient (Wildman–Crippen LogP) is 4.39. The number of piperidine rings is 1. The molecule has 4 rings (SSSR count). The second kappa shape index (κ2) is 8.61. The molecule has 154 valence electrons. The largest absolute Gasteiger partial charge is 0.342 e. The van der Waals surface area contributed by atoms with Crippen molar-refractivity contribution >= 4 is 29.6 Å². The summed E-state index contributed by atoms with van der Waals surface area (Å²) in [5.41, 5.74) is 1.62. The highest BCUT2D eigenvalue weighted by molar-refractivity contribution is 8.03. The van der Waals surface area contributed by atoms with Gasteiger partial charge in [0.05, 0.1) is 5.52 Å². The summed E-state index contributed by atoms with van der Waals surface area (Å²) in [5.74, 6) is 0.749. The van der Waals surface area contributed by atoms with E-state index >= 15 is 0 Å². The Balaban J connectivity index is 1.46.